The molecule has 1 aromatic rings. The van der Waals surface area contributed by atoms with Crippen molar-refractivity contribution in [2.24, 2.45) is 0 Å². The molecule has 6 heteroatoms. The molecule has 0 heterocycles. The van der Waals surface area contributed by atoms with Crippen molar-refractivity contribution in [2.45, 2.75) is 0 Å². The zero-order chi connectivity index (χ0) is 12.7. The molecule has 4 nitrogen and oxygen atoms in total. The summed E-state index contributed by atoms with van der Waals surface area (Å²) in [5, 5.41) is 3.20. The van der Waals surface area contributed by atoms with E-state index in [4.69, 9.17) is 22.1 Å². The summed E-state index contributed by atoms with van der Waals surface area (Å²) in [4.78, 5) is 11.6. The molecule has 0 saturated heterocycles. The molecule has 0 aliphatic heterocycles. The summed E-state index contributed by atoms with van der Waals surface area (Å²) >= 11 is 7.43. The van der Waals surface area contributed by atoms with Gasteiger partial charge < -0.3 is 15.8 Å². The highest BCUT2D eigenvalue weighted by molar-refractivity contribution is 7.99. The van der Waals surface area contributed by atoms with E-state index in [0.29, 0.717) is 28.8 Å². The molecule has 0 unspecified atom stereocenters. The predicted molar refractivity (Wildman–Crippen MR) is 73.7 cm³/mol. The van der Waals surface area contributed by atoms with Gasteiger partial charge in [0.2, 0.25) is 5.91 Å². The maximum Gasteiger partial charge on any atom is 0.234 e. The SMILES string of the molecule is COCCSCC(=O)Nc1cc(N)ccc1Cl. The molecule has 17 heavy (non-hydrogen) atoms. The number of methoxy groups -OCH3 is 1. The van der Waals surface area contributed by atoms with Gasteiger partial charge in [0, 0.05) is 18.6 Å². The molecule has 0 radical (unpaired) electrons. The molecule has 1 aromatic carbocycles. The molecule has 0 bridgehead atoms. The van der Waals surface area contributed by atoms with Gasteiger partial charge in [-0.05, 0) is 18.2 Å². The van der Waals surface area contributed by atoms with Crippen molar-refractivity contribution in [1.82, 2.24) is 0 Å². The van der Waals surface area contributed by atoms with Gasteiger partial charge in [0.15, 0.2) is 0 Å². The Balaban J connectivity index is 2.42. The van der Waals surface area contributed by atoms with Crippen LogP contribution in [0.25, 0.3) is 0 Å². The predicted octanol–water partition coefficient (Wildman–Crippen LogP) is 2.24. The molecule has 94 valence electrons. The van der Waals surface area contributed by atoms with Gasteiger partial charge in [-0.25, -0.2) is 0 Å². The highest BCUT2D eigenvalue weighted by atomic mass is 35.5. The second kappa shape index (κ2) is 7.42. The first-order chi connectivity index (χ1) is 8.13. The van der Waals surface area contributed by atoms with Gasteiger partial charge >= 0.3 is 0 Å². The number of benzene rings is 1. The lowest BCUT2D eigenvalue weighted by atomic mass is 10.3. The average molecular weight is 275 g/mol. The highest BCUT2D eigenvalue weighted by Gasteiger charge is 2.06. The lowest BCUT2D eigenvalue weighted by Crippen LogP contribution is -2.15. The zero-order valence-corrected chi connectivity index (χ0v) is 11.1. The lowest BCUT2D eigenvalue weighted by molar-refractivity contribution is -0.113. The third-order valence-electron chi connectivity index (χ3n) is 1.93. The monoisotopic (exact) mass is 274 g/mol. The van der Waals surface area contributed by atoms with Crippen LogP contribution in [0.5, 0.6) is 0 Å². The van der Waals surface area contributed by atoms with Crippen molar-refractivity contribution in [3.63, 3.8) is 0 Å². The van der Waals surface area contributed by atoms with Gasteiger partial charge in [-0.15, -0.1) is 11.8 Å². The standard InChI is InChI=1S/C11H15ClN2O2S/c1-16-4-5-17-7-11(15)14-10-6-8(13)2-3-9(10)12/h2-3,6H,4-5,7,13H2,1H3,(H,14,15). The fourth-order valence-electron chi connectivity index (χ4n) is 1.13. The molecule has 1 amide bonds. The minimum absolute atomic E-state index is 0.0985. The van der Waals surface area contributed by atoms with Crippen LogP contribution in [0.3, 0.4) is 0 Å². The number of ether oxygens (including phenoxy) is 1. The van der Waals surface area contributed by atoms with Crippen LogP contribution in [0.4, 0.5) is 11.4 Å². The number of nitrogen functional groups attached to an aromatic ring is 1. The minimum atomic E-state index is -0.0985. The summed E-state index contributed by atoms with van der Waals surface area (Å²) in [6, 6.07) is 4.98. The molecule has 0 spiro atoms. The summed E-state index contributed by atoms with van der Waals surface area (Å²) in [6.07, 6.45) is 0. The van der Waals surface area contributed by atoms with Crippen LogP contribution < -0.4 is 11.1 Å². The number of nitrogens with one attached hydrogen (secondary N) is 1. The number of hydrogen-bond donors (Lipinski definition) is 2. The normalized spacial score (nSPS) is 10.2. The van der Waals surface area contributed by atoms with Crippen LogP contribution in [0.15, 0.2) is 18.2 Å². The molecule has 0 fully saturated rings. The van der Waals surface area contributed by atoms with E-state index >= 15 is 0 Å². The summed E-state index contributed by atoms with van der Waals surface area (Å²) in [5.74, 6) is 1.06. The first-order valence-electron chi connectivity index (χ1n) is 5.05. The number of thioether (sulfide) groups is 1. The van der Waals surface area contributed by atoms with Gasteiger partial charge in [-0.3, -0.25) is 4.79 Å². The molecule has 1 rings (SSSR count). The van der Waals surface area contributed by atoms with Crippen LogP contribution in [-0.2, 0) is 9.53 Å². The summed E-state index contributed by atoms with van der Waals surface area (Å²) < 4.78 is 4.89. The third-order valence-corrected chi connectivity index (χ3v) is 3.18. The van der Waals surface area contributed by atoms with E-state index in [2.05, 4.69) is 5.32 Å². The number of hydrogen-bond acceptors (Lipinski definition) is 4. The first kappa shape index (κ1) is 14.2. The molecule has 0 atom stereocenters. The Morgan fingerprint density at radius 1 is 1.59 bits per heavy atom. The number of nitrogens with two attached hydrogens (primary N) is 1. The number of halogens is 1. The molecule has 0 saturated carbocycles. The van der Waals surface area contributed by atoms with Crippen LogP contribution in [0, 0.1) is 0 Å². The lowest BCUT2D eigenvalue weighted by Gasteiger charge is -2.07. The van der Waals surface area contributed by atoms with E-state index in [1.807, 2.05) is 0 Å². The van der Waals surface area contributed by atoms with Gasteiger partial charge in [-0.1, -0.05) is 11.6 Å². The van der Waals surface area contributed by atoms with Gasteiger partial charge in [0.25, 0.3) is 0 Å². The van der Waals surface area contributed by atoms with Crippen molar-refractivity contribution in [3.8, 4) is 0 Å². The minimum Gasteiger partial charge on any atom is -0.399 e. The molecule has 0 aliphatic rings. The van der Waals surface area contributed by atoms with Crippen molar-refractivity contribution in [3.05, 3.63) is 23.2 Å². The molecule has 3 N–H and O–H groups in total. The van der Waals surface area contributed by atoms with Crippen molar-refractivity contribution in [2.75, 3.05) is 36.3 Å². The van der Waals surface area contributed by atoms with Crippen LogP contribution >= 0.6 is 23.4 Å². The fraction of sp³-hybridized carbons (Fsp3) is 0.364. The largest absolute Gasteiger partial charge is 0.399 e. The molecule has 0 aromatic heterocycles. The van der Waals surface area contributed by atoms with Crippen molar-refractivity contribution in [1.29, 1.82) is 0 Å². The van der Waals surface area contributed by atoms with E-state index in [1.54, 1.807) is 25.3 Å². The Bertz CT molecular complexity index is 388. The van der Waals surface area contributed by atoms with Gasteiger partial charge in [0.1, 0.15) is 0 Å². The maximum absolute atomic E-state index is 11.6. The quantitative estimate of drug-likeness (QED) is 0.617. The highest BCUT2D eigenvalue weighted by Crippen LogP contribution is 2.24. The van der Waals surface area contributed by atoms with E-state index < -0.39 is 0 Å². The third kappa shape index (κ3) is 5.30. The van der Waals surface area contributed by atoms with Crippen LogP contribution in [-0.4, -0.2) is 31.1 Å². The fourth-order valence-corrected chi connectivity index (χ4v) is 1.98. The second-order valence-electron chi connectivity index (χ2n) is 3.33. The van der Waals surface area contributed by atoms with E-state index in [9.17, 15) is 4.79 Å². The maximum atomic E-state index is 11.6. The zero-order valence-electron chi connectivity index (χ0n) is 9.53. The Labute approximate surface area is 110 Å². The Morgan fingerprint density at radius 2 is 2.35 bits per heavy atom. The topological polar surface area (TPSA) is 64.3 Å². The summed E-state index contributed by atoms with van der Waals surface area (Å²) in [6.45, 7) is 0.636. The van der Waals surface area contributed by atoms with Gasteiger partial charge in [-0.2, -0.15) is 0 Å². The number of anilines is 2. The number of amides is 1. The number of rotatable bonds is 6. The van der Waals surface area contributed by atoms with Crippen LogP contribution in [0.2, 0.25) is 5.02 Å². The Morgan fingerprint density at radius 3 is 3.06 bits per heavy atom. The summed E-state index contributed by atoms with van der Waals surface area (Å²) in [7, 11) is 1.63. The molecular weight excluding hydrogens is 260 g/mol. The van der Waals surface area contributed by atoms with E-state index in [-0.39, 0.29) is 5.91 Å². The smallest absolute Gasteiger partial charge is 0.234 e. The molecular formula is C11H15ClN2O2S. The average Bonchev–Trinajstić information content (AvgIpc) is 2.29. The van der Waals surface area contributed by atoms with Crippen LogP contribution in [0.1, 0.15) is 0 Å². The van der Waals surface area contributed by atoms with E-state index in [0.717, 1.165) is 5.75 Å². The van der Waals surface area contributed by atoms with Crippen molar-refractivity contribution >= 4 is 40.6 Å². The first-order valence-corrected chi connectivity index (χ1v) is 6.58. The van der Waals surface area contributed by atoms with Gasteiger partial charge in [0.05, 0.1) is 23.1 Å². The Hall–Kier alpha value is -0.910. The van der Waals surface area contributed by atoms with Crippen molar-refractivity contribution < 1.29 is 9.53 Å². The number of carbonyl (C=O) groups excluding carboxylic acids is 1. The van der Waals surface area contributed by atoms with E-state index in [1.165, 1.54) is 11.8 Å². The summed E-state index contributed by atoms with van der Waals surface area (Å²) in [5.41, 5.74) is 6.72. The molecule has 0 aliphatic carbocycles. The Kier molecular flexibility index (Phi) is 6.18. The second-order valence-corrected chi connectivity index (χ2v) is 4.85. The number of carbonyl (C=O) groups is 1.